The summed E-state index contributed by atoms with van der Waals surface area (Å²) in [6.45, 7) is -0.938. The van der Waals surface area contributed by atoms with Crippen molar-refractivity contribution < 1.29 is 33.8 Å². The molecule has 3 unspecified atom stereocenters. The molecular formula is C14H19N6O7P. The Hall–Kier alpha value is -2.12. The van der Waals surface area contributed by atoms with E-state index >= 15 is 0 Å². The normalized spacial score (nSPS) is 27.5. The third kappa shape index (κ3) is 3.16. The van der Waals surface area contributed by atoms with Crippen LogP contribution in [0.4, 0.5) is 5.82 Å². The summed E-state index contributed by atoms with van der Waals surface area (Å²) in [7, 11) is -3.03. The third-order valence-corrected chi connectivity index (χ3v) is 5.26. The molecule has 0 bridgehead atoms. The van der Waals surface area contributed by atoms with Crippen molar-refractivity contribution in [2.75, 3.05) is 25.3 Å². The summed E-state index contributed by atoms with van der Waals surface area (Å²) < 4.78 is 22.1. The maximum Gasteiger partial charge on any atom is 0.469 e. The topological polar surface area (TPSA) is 189 Å². The molecule has 14 heteroatoms. The highest BCUT2D eigenvalue weighted by Crippen LogP contribution is 2.38. The number of aromatic nitrogens is 3. The van der Waals surface area contributed by atoms with E-state index in [0.717, 1.165) is 0 Å². The summed E-state index contributed by atoms with van der Waals surface area (Å²) in [6.07, 6.45) is 0.463. The molecule has 2 aliphatic rings. The van der Waals surface area contributed by atoms with Crippen molar-refractivity contribution in [2.45, 2.75) is 24.4 Å². The third-order valence-electron chi connectivity index (χ3n) is 4.77. The van der Waals surface area contributed by atoms with Crippen molar-refractivity contribution in [2.24, 2.45) is 10.8 Å². The van der Waals surface area contributed by atoms with Gasteiger partial charge < -0.3 is 35.0 Å². The lowest BCUT2D eigenvalue weighted by molar-refractivity contribution is -0.0641. The molecule has 0 amide bonds. The number of aliphatic hydroxyl groups is 2. The van der Waals surface area contributed by atoms with Crippen LogP contribution in [-0.2, 0) is 20.4 Å². The van der Waals surface area contributed by atoms with Gasteiger partial charge in [0, 0.05) is 18.8 Å². The summed E-state index contributed by atoms with van der Waals surface area (Å²) >= 11 is 0. The van der Waals surface area contributed by atoms with E-state index in [2.05, 4.69) is 19.6 Å². The van der Waals surface area contributed by atoms with E-state index in [9.17, 15) is 14.8 Å². The van der Waals surface area contributed by atoms with Gasteiger partial charge in [-0.15, -0.1) is 0 Å². The highest BCUT2D eigenvalue weighted by molar-refractivity contribution is 7.46. The molecule has 2 aromatic rings. The van der Waals surface area contributed by atoms with Crippen LogP contribution in [0.15, 0.2) is 17.6 Å². The molecule has 0 saturated carbocycles. The molecule has 2 aromatic heterocycles. The van der Waals surface area contributed by atoms with Crippen LogP contribution in [0.2, 0.25) is 0 Å². The van der Waals surface area contributed by atoms with Gasteiger partial charge in [-0.25, -0.2) is 19.5 Å². The molecule has 4 heterocycles. The first kappa shape index (κ1) is 19.2. The van der Waals surface area contributed by atoms with E-state index in [0.29, 0.717) is 22.4 Å². The second-order valence-corrected chi connectivity index (χ2v) is 8.00. The van der Waals surface area contributed by atoms with Crippen LogP contribution in [0.25, 0.3) is 11.0 Å². The second-order valence-electron chi connectivity index (χ2n) is 6.76. The highest BCUT2D eigenvalue weighted by Gasteiger charge is 2.49. The Morgan fingerprint density at radius 2 is 2.21 bits per heavy atom. The fourth-order valence-corrected chi connectivity index (χ4v) is 3.79. The molecule has 28 heavy (non-hydrogen) atoms. The van der Waals surface area contributed by atoms with Gasteiger partial charge in [0.15, 0.2) is 11.7 Å². The number of phosphoric acid groups is 1. The molecule has 2 aliphatic heterocycles. The average Bonchev–Trinajstić information content (AvgIpc) is 3.11. The van der Waals surface area contributed by atoms with Crippen molar-refractivity contribution in [1.82, 2.24) is 14.5 Å². The van der Waals surface area contributed by atoms with Crippen molar-refractivity contribution in [3.05, 3.63) is 18.1 Å². The Morgan fingerprint density at radius 1 is 1.46 bits per heavy atom. The summed E-state index contributed by atoms with van der Waals surface area (Å²) in [5, 5.41) is 27.7. The molecule has 4 rings (SSSR count). The van der Waals surface area contributed by atoms with Crippen molar-refractivity contribution in [1.29, 1.82) is 0 Å². The number of aliphatic hydroxyl groups excluding tert-OH is 1. The minimum absolute atomic E-state index is 0.107. The van der Waals surface area contributed by atoms with Crippen molar-refractivity contribution in [3.8, 4) is 0 Å². The fraction of sp³-hybridized carbons (Fsp3) is 0.500. The molecule has 0 aromatic carbocycles. The van der Waals surface area contributed by atoms with Crippen LogP contribution >= 0.6 is 7.82 Å². The van der Waals surface area contributed by atoms with Gasteiger partial charge in [0.1, 0.15) is 29.8 Å². The van der Waals surface area contributed by atoms with Gasteiger partial charge in [0.2, 0.25) is 0 Å². The number of nitrogens with zero attached hydrogens (tertiary/aromatic N) is 5. The SMILES string of the molecule is CN1N=C(N)c2cn(CC3(O)COC(COP(=O)(O)O)C3O)c3ncnc1c23. The van der Waals surface area contributed by atoms with Crippen molar-refractivity contribution in [3.63, 3.8) is 0 Å². The van der Waals surface area contributed by atoms with E-state index in [1.54, 1.807) is 17.8 Å². The number of hydrazone groups is 1. The first-order valence-corrected chi connectivity index (χ1v) is 9.76. The smallest absolute Gasteiger partial charge is 0.387 e. The Labute approximate surface area is 158 Å². The lowest BCUT2D eigenvalue weighted by Gasteiger charge is -2.27. The number of ether oxygens (including phenoxy) is 1. The zero-order valence-corrected chi connectivity index (χ0v) is 15.6. The van der Waals surface area contributed by atoms with E-state index in [1.807, 2.05) is 0 Å². The van der Waals surface area contributed by atoms with Gasteiger partial charge in [-0.2, -0.15) is 5.10 Å². The van der Waals surface area contributed by atoms with E-state index in [1.165, 1.54) is 11.3 Å². The van der Waals surface area contributed by atoms with Gasteiger partial charge in [-0.05, 0) is 0 Å². The maximum atomic E-state index is 10.9. The number of nitrogens with two attached hydrogens (primary N) is 1. The number of amidine groups is 1. The van der Waals surface area contributed by atoms with Gasteiger partial charge in [0.05, 0.1) is 25.1 Å². The Bertz CT molecular complexity index is 1010. The van der Waals surface area contributed by atoms with E-state index < -0.39 is 32.2 Å². The van der Waals surface area contributed by atoms with E-state index in [-0.39, 0.29) is 19.0 Å². The standard InChI is InChI=1S/C14H19N6O7P/c1-19-12-9-7(11(15)18-19)2-20(13(9)17-6-16-12)4-14(22)5-26-8(10(14)21)3-27-28(23,24)25/h2,6,8,10,21-22H,3-5H2,1H3,(H2,15,18)(H2,23,24,25). The molecular weight excluding hydrogens is 395 g/mol. The lowest BCUT2D eigenvalue weighted by Crippen LogP contribution is -2.48. The van der Waals surface area contributed by atoms with Crippen LogP contribution in [-0.4, -0.2) is 78.4 Å². The molecule has 6 N–H and O–H groups in total. The Kier molecular flexibility index (Phi) is 4.43. The second kappa shape index (κ2) is 6.46. The van der Waals surface area contributed by atoms with Gasteiger partial charge in [-0.3, -0.25) is 4.52 Å². The molecule has 1 fully saturated rings. The van der Waals surface area contributed by atoms with E-state index in [4.69, 9.17) is 20.3 Å². The summed E-state index contributed by atoms with van der Waals surface area (Å²) in [6, 6.07) is 0. The first-order valence-electron chi connectivity index (χ1n) is 8.23. The first-order chi connectivity index (χ1) is 13.1. The summed E-state index contributed by atoms with van der Waals surface area (Å²) in [5.41, 5.74) is 5.34. The number of rotatable bonds is 5. The molecule has 1 saturated heterocycles. The Balaban J connectivity index is 1.63. The monoisotopic (exact) mass is 414 g/mol. The van der Waals surface area contributed by atoms with Crippen LogP contribution in [0.1, 0.15) is 5.56 Å². The van der Waals surface area contributed by atoms with Crippen LogP contribution in [0, 0.1) is 0 Å². The quantitative estimate of drug-likeness (QED) is 0.344. The van der Waals surface area contributed by atoms with Gasteiger partial charge >= 0.3 is 7.82 Å². The number of hydrogen-bond acceptors (Lipinski definition) is 10. The molecule has 152 valence electrons. The zero-order chi connectivity index (χ0) is 20.3. The average molecular weight is 414 g/mol. The highest BCUT2D eigenvalue weighted by atomic mass is 31.2. The van der Waals surface area contributed by atoms with Crippen LogP contribution < -0.4 is 10.7 Å². The molecule has 3 atom stereocenters. The Morgan fingerprint density at radius 3 is 2.93 bits per heavy atom. The predicted octanol–water partition coefficient (Wildman–Crippen LogP) is -1.90. The minimum Gasteiger partial charge on any atom is -0.387 e. The zero-order valence-electron chi connectivity index (χ0n) is 14.7. The fourth-order valence-electron chi connectivity index (χ4n) is 3.45. The lowest BCUT2D eigenvalue weighted by atomic mass is 9.96. The number of hydrogen-bond donors (Lipinski definition) is 5. The molecule has 13 nitrogen and oxygen atoms in total. The number of anilines is 1. The largest absolute Gasteiger partial charge is 0.469 e. The summed E-state index contributed by atoms with van der Waals surface area (Å²) in [5.74, 6) is 0.813. The molecule has 0 aliphatic carbocycles. The van der Waals surface area contributed by atoms with Crippen LogP contribution in [0.5, 0.6) is 0 Å². The minimum atomic E-state index is -4.72. The molecule has 0 spiro atoms. The predicted molar refractivity (Wildman–Crippen MR) is 95.3 cm³/mol. The summed E-state index contributed by atoms with van der Waals surface area (Å²) in [4.78, 5) is 26.1. The van der Waals surface area contributed by atoms with Crippen molar-refractivity contribution >= 4 is 30.5 Å². The molecule has 0 radical (unpaired) electrons. The number of phosphoric ester groups is 1. The maximum absolute atomic E-state index is 10.9. The van der Waals surface area contributed by atoms with Gasteiger partial charge in [0.25, 0.3) is 0 Å². The van der Waals surface area contributed by atoms with Gasteiger partial charge in [-0.1, -0.05) is 0 Å². The van der Waals surface area contributed by atoms with Crippen LogP contribution in [0.3, 0.4) is 0 Å².